The quantitative estimate of drug-likeness (QED) is 0.586. The van der Waals surface area contributed by atoms with E-state index in [4.69, 9.17) is 21.6 Å². The lowest BCUT2D eigenvalue weighted by molar-refractivity contribution is -0.142. The molecule has 1 amide bonds. The minimum atomic E-state index is -4.44. The lowest BCUT2D eigenvalue weighted by Crippen LogP contribution is -2.20. The van der Waals surface area contributed by atoms with E-state index < -0.39 is 30.2 Å². The molecule has 0 unspecified atom stereocenters. The number of carbonyl (C=O) groups excluding carboxylic acids is 2. The Balaban J connectivity index is 1.88. The summed E-state index contributed by atoms with van der Waals surface area (Å²) in [7, 11) is 0. The number of hydrogen-bond acceptors (Lipinski definition) is 4. The van der Waals surface area contributed by atoms with Gasteiger partial charge in [-0.15, -0.1) is 0 Å². The third kappa shape index (κ3) is 6.14. The van der Waals surface area contributed by atoms with Crippen molar-refractivity contribution in [1.29, 1.82) is 5.26 Å². The van der Waals surface area contributed by atoms with E-state index in [0.29, 0.717) is 10.6 Å². The Morgan fingerprint density at radius 2 is 1.86 bits per heavy atom. The lowest BCUT2D eigenvalue weighted by Gasteiger charge is -2.07. The number of nitrogens with zero attached hydrogens (tertiary/aromatic N) is 1. The summed E-state index contributed by atoms with van der Waals surface area (Å²) in [5.41, 5.74) is -0.0868. The van der Waals surface area contributed by atoms with Crippen molar-refractivity contribution in [3.63, 3.8) is 0 Å². The van der Waals surface area contributed by atoms with E-state index in [0.717, 1.165) is 18.2 Å². The molecule has 0 heterocycles. The molecule has 9 heteroatoms. The Morgan fingerprint density at radius 1 is 1.18 bits per heavy atom. The summed E-state index contributed by atoms with van der Waals surface area (Å²) in [4.78, 5) is 23.5. The minimum absolute atomic E-state index is 0.177. The fourth-order valence-electron chi connectivity index (χ4n) is 2.04. The Labute approximate surface area is 163 Å². The van der Waals surface area contributed by atoms with Crippen LogP contribution in [0.25, 0.3) is 6.08 Å². The summed E-state index contributed by atoms with van der Waals surface area (Å²) in [6, 6.07) is 10.3. The van der Waals surface area contributed by atoms with Gasteiger partial charge in [0.05, 0.1) is 16.8 Å². The first-order chi connectivity index (χ1) is 13.2. The van der Waals surface area contributed by atoms with Gasteiger partial charge in [0.1, 0.15) is 6.07 Å². The number of nitriles is 1. The average molecular weight is 409 g/mol. The molecule has 0 spiro atoms. The van der Waals surface area contributed by atoms with Crippen LogP contribution in [-0.2, 0) is 20.5 Å². The van der Waals surface area contributed by atoms with Gasteiger partial charge >= 0.3 is 12.1 Å². The maximum absolute atomic E-state index is 12.5. The summed E-state index contributed by atoms with van der Waals surface area (Å²) in [6.07, 6.45) is -2.20. The molecule has 0 atom stereocenters. The second kappa shape index (κ2) is 9.06. The zero-order valence-electron chi connectivity index (χ0n) is 14.1. The highest BCUT2D eigenvalue weighted by Crippen LogP contribution is 2.29. The van der Waals surface area contributed by atoms with Gasteiger partial charge in [-0.3, -0.25) is 4.79 Å². The van der Waals surface area contributed by atoms with Crippen LogP contribution < -0.4 is 5.32 Å². The number of ether oxygens (including phenoxy) is 1. The molecular formula is C19H12ClF3N2O3. The molecule has 2 rings (SSSR count). The number of halogens is 4. The van der Waals surface area contributed by atoms with Gasteiger partial charge in [0, 0.05) is 11.1 Å². The van der Waals surface area contributed by atoms with Crippen LogP contribution in [-0.4, -0.2) is 18.5 Å². The van der Waals surface area contributed by atoms with Crippen LogP contribution in [0.4, 0.5) is 18.9 Å². The van der Waals surface area contributed by atoms with Gasteiger partial charge in [-0.2, -0.15) is 18.4 Å². The second-order valence-corrected chi connectivity index (χ2v) is 5.85. The van der Waals surface area contributed by atoms with E-state index in [1.807, 2.05) is 6.07 Å². The first-order valence-corrected chi connectivity index (χ1v) is 8.08. The normalized spacial score (nSPS) is 11.1. The van der Waals surface area contributed by atoms with Crippen molar-refractivity contribution >= 4 is 35.2 Å². The Hall–Kier alpha value is -3.31. The number of rotatable bonds is 5. The summed E-state index contributed by atoms with van der Waals surface area (Å²) < 4.78 is 42.2. The molecule has 0 aliphatic carbocycles. The summed E-state index contributed by atoms with van der Waals surface area (Å²) in [5, 5.41) is 11.7. The van der Waals surface area contributed by atoms with E-state index in [1.54, 1.807) is 0 Å². The number of benzene rings is 2. The number of alkyl halides is 3. The predicted octanol–water partition coefficient (Wildman–Crippen LogP) is 4.43. The van der Waals surface area contributed by atoms with E-state index in [2.05, 4.69) is 5.32 Å². The molecule has 28 heavy (non-hydrogen) atoms. The SMILES string of the molecule is N#Cc1ccc(Cl)cc1NC(=O)COC(=O)/C=C/c1ccc(C(F)(F)F)cc1. The van der Waals surface area contributed by atoms with Crippen molar-refractivity contribution in [2.45, 2.75) is 6.18 Å². The largest absolute Gasteiger partial charge is 0.452 e. The number of anilines is 1. The van der Waals surface area contributed by atoms with Crippen molar-refractivity contribution < 1.29 is 27.5 Å². The zero-order chi connectivity index (χ0) is 20.7. The fraction of sp³-hybridized carbons (Fsp3) is 0.105. The Kier molecular flexibility index (Phi) is 6.79. The molecule has 0 saturated carbocycles. The summed E-state index contributed by atoms with van der Waals surface area (Å²) >= 11 is 5.80. The number of carbonyl (C=O) groups is 2. The molecule has 0 aliphatic heterocycles. The van der Waals surface area contributed by atoms with Gasteiger partial charge in [-0.25, -0.2) is 4.79 Å². The number of amides is 1. The highest BCUT2D eigenvalue weighted by molar-refractivity contribution is 6.31. The highest BCUT2D eigenvalue weighted by atomic mass is 35.5. The maximum Gasteiger partial charge on any atom is 0.416 e. The van der Waals surface area contributed by atoms with Crippen LogP contribution in [0.1, 0.15) is 16.7 Å². The molecule has 2 aromatic carbocycles. The van der Waals surface area contributed by atoms with Crippen molar-refractivity contribution in [2.24, 2.45) is 0 Å². The highest BCUT2D eigenvalue weighted by Gasteiger charge is 2.29. The zero-order valence-corrected chi connectivity index (χ0v) is 14.8. The minimum Gasteiger partial charge on any atom is -0.452 e. The van der Waals surface area contributed by atoms with Gasteiger partial charge in [-0.1, -0.05) is 23.7 Å². The molecule has 2 aromatic rings. The molecule has 0 aliphatic rings. The number of hydrogen-bond donors (Lipinski definition) is 1. The summed E-state index contributed by atoms with van der Waals surface area (Å²) in [6.45, 7) is -0.617. The number of esters is 1. The van der Waals surface area contributed by atoms with Gasteiger partial charge < -0.3 is 10.1 Å². The van der Waals surface area contributed by atoms with Crippen molar-refractivity contribution in [3.05, 3.63) is 70.3 Å². The summed E-state index contributed by atoms with van der Waals surface area (Å²) in [5.74, 6) is -1.54. The van der Waals surface area contributed by atoms with Crippen molar-refractivity contribution in [3.8, 4) is 6.07 Å². The first-order valence-electron chi connectivity index (χ1n) is 7.70. The van der Waals surface area contributed by atoms with E-state index in [9.17, 15) is 22.8 Å². The smallest absolute Gasteiger partial charge is 0.416 e. The Morgan fingerprint density at radius 3 is 2.46 bits per heavy atom. The van der Waals surface area contributed by atoms with Crippen molar-refractivity contribution in [2.75, 3.05) is 11.9 Å². The van der Waals surface area contributed by atoms with Gasteiger partial charge in [0.2, 0.25) is 0 Å². The first kappa shape index (κ1) is 21.0. The molecule has 1 N–H and O–H groups in total. The van der Waals surface area contributed by atoms with E-state index >= 15 is 0 Å². The molecule has 0 saturated heterocycles. The third-order valence-corrected chi connectivity index (χ3v) is 3.61. The van der Waals surface area contributed by atoms with Gasteiger partial charge in [0.25, 0.3) is 5.91 Å². The molecule has 5 nitrogen and oxygen atoms in total. The third-order valence-electron chi connectivity index (χ3n) is 3.37. The van der Waals surface area contributed by atoms with E-state index in [1.165, 1.54) is 36.4 Å². The molecule has 0 radical (unpaired) electrons. The molecule has 0 fully saturated rings. The van der Waals surface area contributed by atoms with Gasteiger partial charge in [-0.05, 0) is 42.0 Å². The van der Waals surface area contributed by atoms with Gasteiger partial charge in [0.15, 0.2) is 6.61 Å². The standard InChI is InChI=1S/C19H12ClF3N2O3/c20-15-7-4-13(10-24)16(9-15)25-17(26)11-28-18(27)8-3-12-1-5-14(6-2-12)19(21,22)23/h1-9H,11H2,(H,25,26)/b8-3+. The van der Waals surface area contributed by atoms with Crippen LogP contribution in [0.15, 0.2) is 48.5 Å². The topological polar surface area (TPSA) is 79.2 Å². The lowest BCUT2D eigenvalue weighted by atomic mass is 10.1. The van der Waals surface area contributed by atoms with Crippen LogP contribution in [0.3, 0.4) is 0 Å². The molecule has 144 valence electrons. The van der Waals surface area contributed by atoms with Crippen LogP contribution in [0.2, 0.25) is 5.02 Å². The molecule has 0 aromatic heterocycles. The average Bonchev–Trinajstić information content (AvgIpc) is 2.64. The van der Waals surface area contributed by atoms with E-state index in [-0.39, 0.29) is 11.3 Å². The maximum atomic E-state index is 12.5. The predicted molar refractivity (Wildman–Crippen MR) is 96.2 cm³/mol. The Bertz CT molecular complexity index is 948. The molecule has 0 bridgehead atoms. The van der Waals surface area contributed by atoms with Crippen LogP contribution in [0, 0.1) is 11.3 Å². The van der Waals surface area contributed by atoms with Crippen molar-refractivity contribution in [1.82, 2.24) is 0 Å². The number of nitrogens with one attached hydrogen (secondary N) is 1. The fourth-order valence-corrected chi connectivity index (χ4v) is 2.21. The monoisotopic (exact) mass is 408 g/mol. The van der Waals surface area contributed by atoms with Crippen LogP contribution in [0.5, 0.6) is 0 Å². The van der Waals surface area contributed by atoms with Crippen LogP contribution >= 0.6 is 11.6 Å². The second-order valence-electron chi connectivity index (χ2n) is 5.41. The molecular weight excluding hydrogens is 397 g/mol.